The largest absolute Gasteiger partial charge is 0.496 e. The summed E-state index contributed by atoms with van der Waals surface area (Å²) in [5.74, 6) is 0.518. The second kappa shape index (κ2) is 11.2. The lowest BCUT2D eigenvalue weighted by atomic mass is 9.94. The first-order valence-corrected chi connectivity index (χ1v) is 14.5. The molecule has 2 aromatic carbocycles. The van der Waals surface area contributed by atoms with Crippen LogP contribution in [-0.2, 0) is 4.79 Å². The number of ether oxygens (including phenoxy) is 1. The Morgan fingerprint density at radius 1 is 1.13 bits per heavy atom. The minimum Gasteiger partial charge on any atom is -0.496 e. The van der Waals surface area contributed by atoms with E-state index in [-0.39, 0.29) is 11.5 Å². The molecule has 39 heavy (non-hydrogen) atoms. The highest BCUT2D eigenvalue weighted by Crippen LogP contribution is 2.36. The van der Waals surface area contributed by atoms with Crippen LogP contribution in [0.4, 0.5) is 5.69 Å². The number of rotatable bonds is 7. The van der Waals surface area contributed by atoms with Gasteiger partial charge in [0.1, 0.15) is 11.8 Å². The number of aryl methyl sites for hydroxylation is 1. The summed E-state index contributed by atoms with van der Waals surface area (Å²) < 4.78 is 7.96. The van der Waals surface area contributed by atoms with Crippen molar-refractivity contribution in [2.45, 2.75) is 46.6 Å². The van der Waals surface area contributed by atoms with Crippen molar-refractivity contribution >= 4 is 29.0 Å². The number of aromatic nitrogens is 1. The van der Waals surface area contributed by atoms with Crippen molar-refractivity contribution in [1.82, 2.24) is 9.47 Å². The van der Waals surface area contributed by atoms with Gasteiger partial charge in [-0.1, -0.05) is 35.6 Å². The van der Waals surface area contributed by atoms with E-state index >= 15 is 0 Å². The van der Waals surface area contributed by atoms with E-state index in [1.165, 1.54) is 35.4 Å². The second-order valence-electron chi connectivity index (χ2n) is 10.0. The van der Waals surface area contributed by atoms with Gasteiger partial charge < -0.3 is 14.5 Å². The van der Waals surface area contributed by atoms with Gasteiger partial charge in [-0.15, -0.1) is 0 Å². The molecule has 2 aliphatic heterocycles. The molecule has 3 aromatic rings. The Kier molecular flexibility index (Phi) is 7.75. The Balaban J connectivity index is 1.66. The van der Waals surface area contributed by atoms with E-state index in [0.29, 0.717) is 39.4 Å². The zero-order valence-corrected chi connectivity index (χ0v) is 24.2. The number of benzene rings is 2. The molecule has 0 aliphatic carbocycles. The maximum absolute atomic E-state index is 14.0. The predicted octanol–water partition coefficient (Wildman–Crippen LogP) is 4.02. The number of carbonyl (C=O) groups is 1. The Hall–Kier alpha value is -3.65. The summed E-state index contributed by atoms with van der Waals surface area (Å²) in [7, 11) is 1.61. The van der Waals surface area contributed by atoms with Crippen molar-refractivity contribution in [2.24, 2.45) is 4.99 Å². The van der Waals surface area contributed by atoms with Crippen molar-refractivity contribution in [3.8, 4) is 5.75 Å². The minimum atomic E-state index is -0.632. The minimum absolute atomic E-state index is 0.112. The first-order valence-electron chi connectivity index (χ1n) is 13.7. The molecular weight excluding hydrogens is 508 g/mol. The van der Waals surface area contributed by atoms with Crippen LogP contribution in [0.5, 0.6) is 5.75 Å². The number of hydrogen-bond donors (Lipinski definition) is 0. The van der Waals surface area contributed by atoms with Gasteiger partial charge in [-0.25, -0.2) is 4.99 Å². The van der Waals surface area contributed by atoms with Gasteiger partial charge in [-0.3, -0.25) is 14.2 Å². The standard InChI is InChI=1S/C31H36N4O3S/c1-6-33(7-2)30(37)27-21(4)32-31-35(28(27)23-12-8-9-13-25(23)38-5)29(36)26(39-31)19-22-14-15-24(20(3)18-22)34-16-10-11-17-34/h8-9,12-15,18-19,28H,6-7,10-11,16-17H2,1-5H3/b26-19-/t28-/m1/s1. The molecule has 1 amide bonds. The number of anilines is 1. The van der Waals surface area contributed by atoms with Crippen LogP contribution in [0.25, 0.3) is 6.08 Å². The zero-order chi connectivity index (χ0) is 27.7. The van der Waals surface area contributed by atoms with E-state index in [9.17, 15) is 9.59 Å². The highest BCUT2D eigenvalue weighted by Gasteiger charge is 2.35. The highest BCUT2D eigenvalue weighted by atomic mass is 32.1. The molecule has 0 saturated carbocycles. The number of hydrogen-bond acceptors (Lipinski definition) is 6. The number of thiazole rings is 1. The van der Waals surface area contributed by atoms with Crippen LogP contribution in [0.3, 0.4) is 0 Å². The molecule has 8 heteroatoms. The van der Waals surface area contributed by atoms with E-state index < -0.39 is 6.04 Å². The van der Waals surface area contributed by atoms with Gasteiger partial charge in [0, 0.05) is 37.4 Å². The number of likely N-dealkylation sites (N-methyl/N-ethyl adjacent to an activating group) is 1. The van der Waals surface area contributed by atoms with E-state index in [0.717, 1.165) is 24.2 Å². The Morgan fingerprint density at radius 3 is 2.51 bits per heavy atom. The second-order valence-corrected chi connectivity index (χ2v) is 11.1. The molecule has 0 bridgehead atoms. The van der Waals surface area contributed by atoms with E-state index in [2.05, 4.69) is 30.0 Å². The molecule has 0 unspecified atom stereocenters. The molecule has 0 radical (unpaired) electrons. The Bertz CT molecular complexity index is 1610. The summed E-state index contributed by atoms with van der Waals surface area (Å²) in [5, 5.41) is 0. The van der Waals surface area contributed by atoms with Gasteiger partial charge >= 0.3 is 0 Å². The molecule has 5 rings (SSSR count). The van der Waals surface area contributed by atoms with Crippen molar-refractivity contribution in [3.63, 3.8) is 0 Å². The van der Waals surface area contributed by atoms with Crippen LogP contribution in [0, 0.1) is 6.92 Å². The number of para-hydroxylation sites is 1. The zero-order valence-electron chi connectivity index (χ0n) is 23.4. The monoisotopic (exact) mass is 544 g/mol. The summed E-state index contributed by atoms with van der Waals surface area (Å²) in [4.78, 5) is 37.4. The summed E-state index contributed by atoms with van der Waals surface area (Å²) >= 11 is 1.36. The summed E-state index contributed by atoms with van der Waals surface area (Å²) in [6, 6.07) is 13.3. The van der Waals surface area contributed by atoms with E-state index in [1.807, 2.05) is 51.1 Å². The van der Waals surface area contributed by atoms with Gasteiger partial charge in [0.2, 0.25) is 0 Å². The molecule has 7 nitrogen and oxygen atoms in total. The van der Waals surface area contributed by atoms with Gasteiger partial charge in [0.05, 0.1) is 22.9 Å². The molecule has 1 saturated heterocycles. The fourth-order valence-electron chi connectivity index (χ4n) is 5.70. The highest BCUT2D eigenvalue weighted by molar-refractivity contribution is 7.07. The molecule has 204 valence electrons. The predicted molar refractivity (Wildman–Crippen MR) is 157 cm³/mol. The molecule has 0 N–H and O–H groups in total. The molecule has 2 aliphatic rings. The summed E-state index contributed by atoms with van der Waals surface area (Å²) in [5.41, 5.74) is 5.18. The molecular formula is C31H36N4O3S. The van der Waals surface area contributed by atoms with Crippen molar-refractivity contribution in [2.75, 3.05) is 38.2 Å². The van der Waals surface area contributed by atoms with E-state index in [1.54, 1.807) is 16.6 Å². The lowest BCUT2D eigenvalue weighted by Crippen LogP contribution is -2.43. The number of allylic oxidation sites excluding steroid dienone is 1. The van der Waals surface area contributed by atoms with Crippen molar-refractivity contribution in [3.05, 3.63) is 90.1 Å². The maximum atomic E-state index is 14.0. The Labute approximate surface area is 233 Å². The average Bonchev–Trinajstić information content (AvgIpc) is 3.57. The van der Waals surface area contributed by atoms with Crippen molar-refractivity contribution in [1.29, 1.82) is 0 Å². The smallest absolute Gasteiger partial charge is 0.271 e. The van der Waals surface area contributed by atoms with Gasteiger partial charge in [-0.2, -0.15) is 0 Å². The fraction of sp³-hybridized carbons (Fsp3) is 0.387. The number of nitrogens with zero attached hydrogens (tertiary/aromatic N) is 4. The van der Waals surface area contributed by atoms with Gasteiger partial charge in [0.15, 0.2) is 4.80 Å². The Morgan fingerprint density at radius 2 is 1.85 bits per heavy atom. The normalized spacial score (nSPS) is 17.3. The molecule has 1 fully saturated rings. The third-order valence-corrected chi connectivity index (χ3v) is 8.68. The number of fused-ring (bicyclic) bond motifs is 1. The third-order valence-electron chi connectivity index (χ3n) is 7.70. The summed E-state index contributed by atoms with van der Waals surface area (Å²) in [6.45, 7) is 11.2. The maximum Gasteiger partial charge on any atom is 0.271 e. The van der Waals surface area contributed by atoms with Gasteiger partial charge in [-0.05, 0) is 75.9 Å². The number of carbonyl (C=O) groups excluding carboxylic acids is 1. The van der Waals surface area contributed by atoms with Crippen LogP contribution in [-0.4, -0.2) is 48.7 Å². The molecule has 1 atom stereocenters. The van der Waals surface area contributed by atoms with Crippen molar-refractivity contribution < 1.29 is 9.53 Å². The van der Waals surface area contributed by atoms with Crippen LogP contribution >= 0.6 is 11.3 Å². The third kappa shape index (κ3) is 4.93. The first-order chi connectivity index (χ1) is 18.9. The lowest BCUT2D eigenvalue weighted by Gasteiger charge is -2.29. The van der Waals surface area contributed by atoms with Crippen LogP contribution < -0.4 is 24.5 Å². The summed E-state index contributed by atoms with van der Waals surface area (Å²) in [6.07, 6.45) is 4.40. The fourth-order valence-corrected chi connectivity index (χ4v) is 6.74. The van der Waals surface area contributed by atoms with E-state index in [4.69, 9.17) is 9.73 Å². The average molecular weight is 545 g/mol. The van der Waals surface area contributed by atoms with Crippen LogP contribution in [0.15, 0.2) is 63.5 Å². The molecule has 1 aromatic heterocycles. The quantitative estimate of drug-likeness (QED) is 0.451. The topological polar surface area (TPSA) is 67.1 Å². The number of methoxy groups -OCH3 is 1. The lowest BCUT2D eigenvalue weighted by molar-refractivity contribution is -0.127. The van der Waals surface area contributed by atoms with Crippen LogP contribution in [0.2, 0.25) is 0 Å². The first kappa shape index (κ1) is 26.9. The molecule has 3 heterocycles. The van der Waals surface area contributed by atoms with Gasteiger partial charge in [0.25, 0.3) is 11.5 Å². The SMILES string of the molecule is CCN(CC)C(=O)C1=C(C)N=c2s/c(=C\c3ccc(N4CCCC4)c(C)c3)c(=O)n2[C@@H]1c1ccccc1OC. The molecule has 0 spiro atoms. The van der Waals surface area contributed by atoms with Crippen LogP contribution in [0.1, 0.15) is 56.3 Å². The number of amides is 1.